The molecule has 134 valence electrons. The summed E-state index contributed by atoms with van der Waals surface area (Å²) in [7, 11) is -3.66. The van der Waals surface area contributed by atoms with Crippen LogP contribution in [-0.4, -0.2) is 8.42 Å². The molecule has 1 heterocycles. The molecule has 0 saturated carbocycles. The first-order valence-corrected chi connectivity index (χ1v) is 9.81. The van der Waals surface area contributed by atoms with Crippen molar-refractivity contribution < 1.29 is 12.8 Å². The summed E-state index contributed by atoms with van der Waals surface area (Å²) in [5, 5.41) is 0. The van der Waals surface area contributed by atoms with Gasteiger partial charge in [-0.25, -0.2) is 8.42 Å². The van der Waals surface area contributed by atoms with Crippen LogP contribution in [0.2, 0.25) is 0 Å². The lowest BCUT2D eigenvalue weighted by atomic mass is 10.1. The predicted molar refractivity (Wildman–Crippen MR) is 103 cm³/mol. The van der Waals surface area contributed by atoms with Crippen molar-refractivity contribution in [1.29, 1.82) is 0 Å². The van der Waals surface area contributed by atoms with E-state index in [9.17, 15) is 8.42 Å². The zero-order valence-corrected chi connectivity index (χ0v) is 15.5. The summed E-state index contributed by atoms with van der Waals surface area (Å²) in [6.45, 7) is 3.79. The van der Waals surface area contributed by atoms with E-state index in [0.29, 0.717) is 5.76 Å². The number of aryl methyl sites for hydroxylation is 2. The average molecular weight is 367 g/mol. The van der Waals surface area contributed by atoms with Crippen LogP contribution in [0.4, 0.5) is 0 Å². The van der Waals surface area contributed by atoms with Crippen molar-refractivity contribution in [3.8, 4) is 0 Å². The highest BCUT2D eigenvalue weighted by atomic mass is 32.2. The Balaban J connectivity index is 1.90. The summed E-state index contributed by atoms with van der Waals surface area (Å²) < 4.78 is 33.8. The highest BCUT2D eigenvalue weighted by Gasteiger charge is 2.19. The Morgan fingerprint density at radius 3 is 2.23 bits per heavy atom. The van der Waals surface area contributed by atoms with E-state index in [1.165, 1.54) is 0 Å². The van der Waals surface area contributed by atoms with Gasteiger partial charge in [0.25, 0.3) is 0 Å². The van der Waals surface area contributed by atoms with Crippen LogP contribution in [0.1, 0.15) is 28.7 Å². The Morgan fingerprint density at radius 2 is 1.62 bits per heavy atom. The number of nitrogens with one attached hydrogen (secondary N) is 1. The van der Waals surface area contributed by atoms with Gasteiger partial charge in [-0.3, -0.25) is 0 Å². The van der Waals surface area contributed by atoms with Crippen LogP contribution >= 0.6 is 0 Å². The Kier molecular flexibility index (Phi) is 5.40. The molecule has 0 unspecified atom stereocenters. The third-order valence-electron chi connectivity index (χ3n) is 3.99. The molecule has 1 aromatic heterocycles. The second kappa shape index (κ2) is 7.72. The summed E-state index contributed by atoms with van der Waals surface area (Å²) in [5.74, 6) is 1.49. The fourth-order valence-corrected chi connectivity index (χ4v) is 3.74. The van der Waals surface area contributed by atoms with Gasteiger partial charge in [0.2, 0.25) is 10.0 Å². The maximum atomic E-state index is 12.8. The third kappa shape index (κ3) is 4.50. The van der Waals surface area contributed by atoms with Gasteiger partial charge < -0.3 is 4.42 Å². The first kappa shape index (κ1) is 18.2. The number of hydrogen-bond acceptors (Lipinski definition) is 3. The van der Waals surface area contributed by atoms with E-state index < -0.39 is 16.1 Å². The standard InChI is InChI=1S/C21H21NO3S/c1-16-8-13-20(14-9-16)26(23,24)22-21(18-6-4-3-5-7-18)15-12-19-11-10-17(2)25-19/h3-15,21-22H,1-2H3/b15-12+/t21-/m1/s1. The van der Waals surface area contributed by atoms with Gasteiger partial charge in [0.1, 0.15) is 11.5 Å². The van der Waals surface area contributed by atoms with E-state index in [1.807, 2.05) is 56.3 Å². The predicted octanol–water partition coefficient (Wildman–Crippen LogP) is 4.63. The second-order valence-electron chi connectivity index (χ2n) is 6.13. The minimum Gasteiger partial charge on any atom is -0.462 e. The van der Waals surface area contributed by atoms with Crippen LogP contribution in [0.3, 0.4) is 0 Å². The van der Waals surface area contributed by atoms with Crippen LogP contribution < -0.4 is 4.72 Å². The van der Waals surface area contributed by atoms with Gasteiger partial charge in [0.05, 0.1) is 10.9 Å². The molecule has 0 radical (unpaired) electrons. The number of benzene rings is 2. The van der Waals surface area contributed by atoms with Gasteiger partial charge in [-0.2, -0.15) is 4.72 Å². The number of hydrogen-bond donors (Lipinski definition) is 1. The minimum atomic E-state index is -3.66. The highest BCUT2D eigenvalue weighted by Crippen LogP contribution is 2.20. The zero-order valence-electron chi connectivity index (χ0n) is 14.7. The lowest BCUT2D eigenvalue weighted by Gasteiger charge is -2.16. The van der Waals surface area contributed by atoms with Crippen molar-refractivity contribution in [1.82, 2.24) is 4.72 Å². The summed E-state index contributed by atoms with van der Waals surface area (Å²) >= 11 is 0. The normalized spacial score (nSPS) is 13.2. The van der Waals surface area contributed by atoms with Crippen LogP contribution in [0.5, 0.6) is 0 Å². The molecule has 0 aliphatic rings. The quantitative estimate of drug-likeness (QED) is 0.691. The maximum Gasteiger partial charge on any atom is 0.241 e. The molecule has 3 rings (SSSR count). The molecule has 26 heavy (non-hydrogen) atoms. The van der Waals surface area contributed by atoms with Gasteiger partial charge in [-0.1, -0.05) is 54.1 Å². The van der Waals surface area contributed by atoms with Gasteiger partial charge in [0.15, 0.2) is 0 Å². The molecule has 0 fully saturated rings. The first-order chi connectivity index (χ1) is 12.4. The van der Waals surface area contributed by atoms with Crippen LogP contribution in [-0.2, 0) is 10.0 Å². The van der Waals surface area contributed by atoms with Crippen molar-refractivity contribution in [2.24, 2.45) is 0 Å². The topological polar surface area (TPSA) is 59.3 Å². The van der Waals surface area contributed by atoms with Crippen molar-refractivity contribution in [2.45, 2.75) is 24.8 Å². The minimum absolute atomic E-state index is 0.242. The number of sulfonamides is 1. The lowest BCUT2D eigenvalue weighted by Crippen LogP contribution is -2.27. The summed E-state index contributed by atoms with van der Waals surface area (Å²) in [4.78, 5) is 0.242. The molecule has 5 heteroatoms. The Morgan fingerprint density at radius 1 is 0.923 bits per heavy atom. The van der Waals surface area contributed by atoms with Crippen LogP contribution in [0.25, 0.3) is 6.08 Å². The second-order valence-corrected chi connectivity index (χ2v) is 7.84. The molecule has 2 aromatic carbocycles. The Labute approximate surface area is 154 Å². The van der Waals surface area contributed by atoms with Gasteiger partial charge in [-0.05, 0) is 49.8 Å². The van der Waals surface area contributed by atoms with Crippen molar-refractivity contribution in [3.63, 3.8) is 0 Å². The van der Waals surface area contributed by atoms with E-state index in [4.69, 9.17) is 4.42 Å². The van der Waals surface area contributed by atoms with Crippen molar-refractivity contribution >= 4 is 16.1 Å². The fourth-order valence-electron chi connectivity index (χ4n) is 2.57. The molecule has 0 aliphatic heterocycles. The lowest BCUT2D eigenvalue weighted by molar-refractivity contribution is 0.524. The molecule has 0 spiro atoms. The maximum absolute atomic E-state index is 12.8. The Bertz CT molecular complexity index is 987. The average Bonchev–Trinajstić information content (AvgIpc) is 3.05. The van der Waals surface area contributed by atoms with Crippen molar-refractivity contribution in [3.05, 3.63) is 95.5 Å². The van der Waals surface area contributed by atoms with E-state index in [-0.39, 0.29) is 4.90 Å². The number of furan rings is 1. The molecule has 3 aromatic rings. The van der Waals surface area contributed by atoms with E-state index >= 15 is 0 Å². The summed E-state index contributed by atoms with van der Waals surface area (Å²) in [5.41, 5.74) is 1.86. The summed E-state index contributed by atoms with van der Waals surface area (Å²) in [6, 6.07) is 19.4. The van der Waals surface area contributed by atoms with Gasteiger partial charge in [0, 0.05) is 0 Å². The first-order valence-electron chi connectivity index (χ1n) is 8.33. The molecule has 1 atom stereocenters. The molecular weight excluding hydrogens is 346 g/mol. The van der Waals surface area contributed by atoms with E-state index in [0.717, 1.165) is 16.9 Å². The highest BCUT2D eigenvalue weighted by molar-refractivity contribution is 7.89. The van der Waals surface area contributed by atoms with E-state index in [2.05, 4.69) is 4.72 Å². The monoisotopic (exact) mass is 367 g/mol. The molecule has 1 N–H and O–H groups in total. The van der Waals surface area contributed by atoms with Gasteiger partial charge in [-0.15, -0.1) is 0 Å². The largest absolute Gasteiger partial charge is 0.462 e. The summed E-state index contributed by atoms with van der Waals surface area (Å²) in [6.07, 6.45) is 3.57. The smallest absolute Gasteiger partial charge is 0.241 e. The molecule has 0 aliphatic carbocycles. The molecule has 4 nitrogen and oxygen atoms in total. The van der Waals surface area contributed by atoms with E-state index in [1.54, 1.807) is 36.4 Å². The Hall–Kier alpha value is -2.63. The fraction of sp³-hybridized carbons (Fsp3) is 0.143. The SMILES string of the molecule is Cc1ccc(S(=O)(=O)N[C@H](/C=C/c2ccc(C)o2)c2ccccc2)cc1. The molecular formula is C21H21NO3S. The van der Waals surface area contributed by atoms with Crippen LogP contribution in [0.15, 0.2) is 82.1 Å². The molecule has 0 bridgehead atoms. The molecule has 0 amide bonds. The third-order valence-corrected chi connectivity index (χ3v) is 5.44. The van der Waals surface area contributed by atoms with Gasteiger partial charge >= 0.3 is 0 Å². The van der Waals surface area contributed by atoms with Crippen molar-refractivity contribution in [2.75, 3.05) is 0 Å². The molecule has 0 saturated heterocycles. The van der Waals surface area contributed by atoms with Crippen LogP contribution in [0, 0.1) is 13.8 Å². The zero-order chi connectivity index (χ0) is 18.6. The number of rotatable bonds is 6.